The summed E-state index contributed by atoms with van der Waals surface area (Å²) in [6.07, 6.45) is 3.19. The summed E-state index contributed by atoms with van der Waals surface area (Å²) in [5, 5.41) is 6.85. The lowest BCUT2D eigenvalue weighted by Gasteiger charge is -2.33. The van der Waals surface area contributed by atoms with Gasteiger partial charge in [-0.25, -0.2) is 4.99 Å². The monoisotopic (exact) mass is 501 g/mol. The van der Waals surface area contributed by atoms with Crippen LogP contribution in [0.5, 0.6) is 0 Å². The molecule has 1 heterocycles. The van der Waals surface area contributed by atoms with Gasteiger partial charge in [-0.3, -0.25) is 9.69 Å². The van der Waals surface area contributed by atoms with Gasteiger partial charge in [-0.1, -0.05) is 31.2 Å². The predicted molar refractivity (Wildman–Crippen MR) is 127 cm³/mol. The summed E-state index contributed by atoms with van der Waals surface area (Å²) in [4.78, 5) is 20.4. The molecular weight excluding hydrogens is 465 g/mol. The van der Waals surface area contributed by atoms with E-state index < -0.39 is 0 Å². The van der Waals surface area contributed by atoms with Crippen molar-refractivity contribution in [3.63, 3.8) is 0 Å². The molecule has 0 spiro atoms. The zero-order valence-electron chi connectivity index (χ0n) is 17.7. The number of benzene rings is 1. The summed E-state index contributed by atoms with van der Waals surface area (Å²) in [6, 6.07) is 9.02. The van der Waals surface area contributed by atoms with E-state index in [4.69, 9.17) is 0 Å². The van der Waals surface area contributed by atoms with Gasteiger partial charge in [0.05, 0.1) is 0 Å². The largest absolute Gasteiger partial charge is 0.356 e. The van der Waals surface area contributed by atoms with E-state index in [1.54, 1.807) is 19.0 Å². The number of aryl methyl sites for hydroxylation is 1. The predicted octanol–water partition coefficient (Wildman–Crippen LogP) is 2.61. The SMILES string of the molecule is CCCNC(=NCC(=O)N(C)C)NC1CCN(Cc2ccccc2C)CC1.I. The second kappa shape index (κ2) is 13.0. The Morgan fingerprint density at radius 3 is 2.54 bits per heavy atom. The first-order valence-electron chi connectivity index (χ1n) is 10.0. The Kier molecular flexibility index (Phi) is 11.4. The molecule has 1 fully saturated rings. The van der Waals surface area contributed by atoms with Crippen molar-refractivity contribution in [2.75, 3.05) is 40.3 Å². The van der Waals surface area contributed by atoms with E-state index in [-0.39, 0.29) is 36.4 Å². The van der Waals surface area contributed by atoms with E-state index >= 15 is 0 Å². The summed E-state index contributed by atoms with van der Waals surface area (Å²) >= 11 is 0. The number of carbonyl (C=O) groups excluding carboxylic acids is 1. The minimum Gasteiger partial charge on any atom is -0.356 e. The van der Waals surface area contributed by atoms with Crippen molar-refractivity contribution < 1.29 is 4.79 Å². The quantitative estimate of drug-likeness (QED) is 0.343. The molecular formula is C21H36IN5O. The average molecular weight is 501 g/mol. The molecule has 2 N–H and O–H groups in total. The van der Waals surface area contributed by atoms with Crippen LogP contribution in [0.25, 0.3) is 0 Å². The molecule has 6 nitrogen and oxygen atoms in total. The number of nitrogens with zero attached hydrogens (tertiary/aromatic N) is 3. The Hall–Kier alpha value is -1.35. The average Bonchev–Trinajstić information content (AvgIpc) is 2.66. The fourth-order valence-electron chi connectivity index (χ4n) is 3.14. The van der Waals surface area contributed by atoms with Crippen molar-refractivity contribution in [3.05, 3.63) is 35.4 Å². The van der Waals surface area contributed by atoms with Crippen molar-refractivity contribution in [1.29, 1.82) is 0 Å². The van der Waals surface area contributed by atoms with Gasteiger partial charge in [-0.05, 0) is 37.3 Å². The molecule has 1 saturated heterocycles. The number of hydrogen-bond acceptors (Lipinski definition) is 3. The van der Waals surface area contributed by atoms with Gasteiger partial charge in [0.25, 0.3) is 0 Å². The third-order valence-corrected chi connectivity index (χ3v) is 5.00. The zero-order valence-corrected chi connectivity index (χ0v) is 20.0. The highest BCUT2D eigenvalue weighted by molar-refractivity contribution is 14.0. The van der Waals surface area contributed by atoms with Crippen LogP contribution in [0.3, 0.4) is 0 Å². The van der Waals surface area contributed by atoms with Gasteiger partial charge < -0.3 is 15.5 Å². The first-order chi connectivity index (χ1) is 13.0. The number of amides is 1. The van der Waals surface area contributed by atoms with Crippen LogP contribution >= 0.6 is 24.0 Å². The first kappa shape index (κ1) is 24.7. The third-order valence-electron chi connectivity index (χ3n) is 5.00. The first-order valence-corrected chi connectivity index (χ1v) is 10.0. The molecule has 7 heteroatoms. The van der Waals surface area contributed by atoms with Gasteiger partial charge in [0.1, 0.15) is 6.54 Å². The molecule has 0 bridgehead atoms. The van der Waals surface area contributed by atoms with Gasteiger partial charge in [0, 0.05) is 46.3 Å². The van der Waals surface area contributed by atoms with Gasteiger partial charge in [0.15, 0.2) is 5.96 Å². The normalized spacial score (nSPS) is 15.6. The van der Waals surface area contributed by atoms with Crippen LogP contribution in [-0.2, 0) is 11.3 Å². The van der Waals surface area contributed by atoms with E-state index in [1.807, 2.05) is 0 Å². The molecule has 0 radical (unpaired) electrons. The van der Waals surface area contributed by atoms with Crippen LogP contribution in [0.15, 0.2) is 29.3 Å². The maximum absolute atomic E-state index is 11.8. The summed E-state index contributed by atoms with van der Waals surface area (Å²) in [6.45, 7) is 8.51. The minimum absolute atomic E-state index is 0. The smallest absolute Gasteiger partial charge is 0.243 e. The molecule has 1 aromatic rings. The molecule has 0 atom stereocenters. The van der Waals surface area contributed by atoms with Crippen molar-refractivity contribution in [2.24, 2.45) is 4.99 Å². The van der Waals surface area contributed by atoms with Gasteiger partial charge in [-0.15, -0.1) is 24.0 Å². The highest BCUT2D eigenvalue weighted by Gasteiger charge is 2.20. The van der Waals surface area contributed by atoms with Crippen LogP contribution < -0.4 is 10.6 Å². The van der Waals surface area contributed by atoms with Crippen LogP contribution in [-0.4, -0.2) is 68.0 Å². The fourth-order valence-corrected chi connectivity index (χ4v) is 3.14. The van der Waals surface area contributed by atoms with Crippen LogP contribution in [0.2, 0.25) is 0 Å². The topological polar surface area (TPSA) is 60.0 Å². The Balaban J connectivity index is 0.00000392. The third kappa shape index (κ3) is 8.34. The van der Waals surface area contributed by atoms with Crippen LogP contribution in [0.4, 0.5) is 0 Å². The molecule has 1 aliphatic rings. The molecule has 0 unspecified atom stereocenters. The number of nitrogens with one attached hydrogen (secondary N) is 2. The number of rotatable bonds is 7. The molecule has 2 rings (SSSR count). The molecule has 0 saturated carbocycles. The summed E-state index contributed by atoms with van der Waals surface area (Å²) < 4.78 is 0. The number of piperidine rings is 1. The van der Waals surface area contributed by atoms with E-state index in [0.717, 1.165) is 51.4 Å². The Morgan fingerprint density at radius 2 is 1.93 bits per heavy atom. The van der Waals surface area contributed by atoms with E-state index in [0.29, 0.717) is 6.04 Å². The lowest BCUT2D eigenvalue weighted by molar-refractivity contribution is -0.127. The number of likely N-dealkylation sites (N-methyl/N-ethyl adjacent to an activating group) is 1. The van der Waals surface area contributed by atoms with Crippen molar-refractivity contribution in [3.8, 4) is 0 Å². The number of carbonyl (C=O) groups is 1. The maximum Gasteiger partial charge on any atom is 0.243 e. The number of aliphatic imine (C=N–C) groups is 1. The molecule has 1 amide bonds. The number of hydrogen-bond donors (Lipinski definition) is 2. The standard InChI is InChI=1S/C21H35N5O.HI/c1-5-12-22-21(23-15-20(27)25(3)4)24-19-10-13-26(14-11-19)16-18-9-7-6-8-17(18)2;/h6-9,19H,5,10-16H2,1-4H3,(H2,22,23,24);1H. The Labute approximate surface area is 187 Å². The molecule has 1 aromatic carbocycles. The van der Waals surface area contributed by atoms with Crippen molar-refractivity contribution in [1.82, 2.24) is 20.4 Å². The fraction of sp³-hybridized carbons (Fsp3) is 0.619. The number of likely N-dealkylation sites (tertiary alicyclic amines) is 1. The van der Waals surface area contributed by atoms with E-state index in [2.05, 4.69) is 58.6 Å². The lowest BCUT2D eigenvalue weighted by atomic mass is 10.0. The molecule has 158 valence electrons. The highest BCUT2D eigenvalue weighted by Crippen LogP contribution is 2.16. The van der Waals surface area contributed by atoms with Gasteiger partial charge in [0.2, 0.25) is 5.91 Å². The second-order valence-electron chi connectivity index (χ2n) is 7.50. The van der Waals surface area contributed by atoms with Gasteiger partial charge >= 0.3 is 0 Å². The molecule has 0 aliphatic carbocycles. The Bertz CT molecular complexity index is 627. The molecule has 28 heavy (non-hydrogen) atoms. The van der Waals surface area contributed by atoms with E-state index in [9.17, 15) is 4.79 Å². The zero-order chi connectivity index (χ0) is 19.6. The van der Waals surface area contributed by atoms with Crippen molar-refractivity contribution in [2.45, 2.75) is 45.7 Å². The number of halogens is 1. The molecule has 1 aliphatic heterocycles. The molecule has 0 aromatic heterocycles. The lowest BCUT2D eigenvalue weighted by Crippen LogP contribution is -2.49. The van der Waals surface area contributed by atoms with Crippen LogP contribution in [0, 0.1) is 6.92 Å². The Morgan fingerprint density at radius 1 is 1.25 bits per heavy atom. The number of guanidine groups is 1. The summed E-state index contributed by atoms with van der Waals surface area (Å²) in [5.41, 5.74) is 2.78. The summed E-state index contributed by atoms with van der Waals surface area (Å²) in [5.74, 6) is 0.769. The summed E-state index contributed by atoms with van der Waals surface area (Å²) in [7, 11) is 3.52. The minimum atomic E-state index is 0. The van der Waals surface area contributed by atoms with E-state index in [1.165, 1.54) is 11.1 Å². The van der Waals surface area contributed by atoms with Crippen molar-refractivity contribution >= 4 is 35.8 Å². The van der Waals surface area contributed by atoms with Crippen LogP contribution in [0.1, 0.15) is 37.3 Å². The van der Waals surface area contributed by atoms with Gasteiger partial charge in [-0.2, -0.15) is 0 Å². The second-order valence-corrected chi connectivity index (χ2v) is 7.50. The highest BCUT2D eigenvalue weighted by atomic mass is 127. The maximum atomic E-state index is 11.8.